The van der Waals surface area contributed by atoms with Gasteiger partial charge in [0.15, 0.2) is 0 Å². The van der Waals surface area contributed by atoms with E-state index in [9.17, 15) is 4.79 Å². The van der Waals surface area contributed by atoms with Crippen LogP contribution in [0.25, 0.3) is 0 Å². The van der Waals surface area contributed by atoms with Crippen LogP contribution in [0.4, 0.5) is 5.82 Å². The number of ether oxygens (including phenoxy) is 1. The molecule has 2 N–H and O–H groups in total. The summed E-state index contributed by atoms with van der Waals surface area (Å²) in [6, 6.07) is 3.97. The molecule has 2 rings (SSSR count). The predicted molar refractivity (Wildman–Crippen MR) is 98.7 cm³/mol. The normalized spacial score (nSPS) is 21.8. The maximum atomic E-state index is 12.7. The number of hydrogen-bond donors (Lipinski definition) is 2. The predicted octanol–water partition coefficient (Wildman–Crippen LogP) is 2.54. The van der Waals surface area contributed by atoms with Crippen LogP contribution in [0.1, 0.15) is 49.9 Å². The molecule has 25 heavy (non-hydrogen) atoms. The van der Waals surface area contributed by atoms with Crippen molar-refractivity contribution in [3.8, 4) is 0 Å². The number of aromatic nitrogens is 1. The van der Waals surface area contributed by atoms with Gasteiger partial charge in [-0.25, -0.2) is 4.98 Å². The first-order valence-corrected chi connectivity index (χ1v) is 9.24. The van der Waals surface area contributed by atoms with Crippen LogP contribution in [0, 0.1) is 5.92 Å². The first-order chi connectivity index (χ1) is 12.1. The number of carbonyl (C=O) groups is 1. The van der Waals surface area contributed by atoms with Crippen LogP contribution in [-0.2, 0) is 4.74 Å². The number of piperidine rings is 1. The molecule has 0 aliphatic carbocycles. The van der Waals surface area contributed by atoms with E-state index in [2.05, 4.69) is 24.1 Å². The summed E-state index contributed by atoms with van der Waals surface area (Å²) in [5, 5.41) is 12.3. The van der Waals surface area contributed by atoms with Crippen LogP contribution in [0.15, 0.2) is 18.3 Å². The average Bonchev–Trinajstić information content (AvgIpc) is 2.65. The number of aliphatic hydroxyl groups excluding tert-OH is 1. The Labute approximate surface area is 150 Å². The summed E-state index contributed by atoms with van der Waals surface area (Å²) < 4.78 is 5.49. The lowest BCUT2D eigenvalue weighted by Crippen LogP contribution is -2.46. The molecule has 2 heterocycles. The summed E-state index contributed by atoms with van der Waals surface area (Å²) in [5.41, 5.74) is 0.610. The third-order valence-corrected chi connectivity index (χ3v) is 5.05. The van der Waals surface area contributed by atoms with Crippen LogP contribution >= 0.6 is 0 Å². The van der Waals surface area contributed by atoms with Gasteiger partial charge in [-0.15, -0.1) is 0 Å². The minimum Gasteiger partial charge on any atom is -0.396 e. The maximum Gasteiger partial charge on any atom is 0.255 e. The molecule has 1 saturated heterocycles. The van der Waals surface area contributed by atoms with E-state index in [4.69, 9.17) is 9.84 Å². The molecule has 1 unspecified atom stereocenters. The third-order valence-electron chi connectivity index (χ3n) is 5.05. The van der Waals surface area contributed by atoms with Crippen LogP contribution in [-0.4, -0.2) is 59.8 Å². The summed E-state index contributed by atoms with van der Waals surface area (Å²) in [6.07, 6.45) is 5.34. The van der Waals surface area contributed by atoms with E-state index in [0.717, 1.165) is 38.0 Å². The fraction of sp³-hybridized carbons (Fsp3) is 0.684. The van der Waals surface area contributed by atoms with Gasteiger partial charge in [0.25, 0.3) is 5.91 Å². The molecule has 1 amide bonds. The Hall–Kier alpha value is -1.66. The zero-order valence-electron chi connectivity index (χ0n) is 15.6. The van der Waals surface area contributed by atoms with E-state index in [0.29, 0.717) is 18.0 Å². The smallest absolute Gasteiger partial charge is 0.255 e. The van der Waals surface area contributed by atoms with E-state index >= 15 is 0 Å². The SMILES string of the molecule is CCC(CCCO)Nc1ccc(C(=O)N2CC[C@@H](C)[C@H](OC)C2)cn1. The van der Waals surface area contributed by atoms with Gasteiger partial charge < -0.3 is 20.1 Å². The first-order valence-electron chi connectivity index (χ1n) is 9.24. The molecular weight excluding hydrogens is 318 g/mol. The van der Waals surface area contributed by atoms with Gasteiger partial charge >= 0.3 is 0 Å². The Morgan fingerprint density at radius 3 is 2.92 bits per heavy atom. The van der Waals surface area contributed by atoms with E-state index in [1.165, 1.54) is 0 Å². The second-order valence-corrected chi connectivity index (χ2v) is 6.84. The maximum absolute atomic E-state index is 12.7. The minimum atomic E-state index is 0.0142. The Balaban J connectivity index is 1.95. The van der Waals surface area contributed by atoms with Crippen molar-refractivity contribution >= 4 is 11.7 Å². The van der Waals surface area contributed by atoms with Crippen LogP contribution in [0.3, 0.4) is 0 Å². The van der Waals surface area contributed by atoms with Gasteiger partial charge in [0.1, 0.15) is 5.82 Å². The van der Waals surface area contributed by atoms with Crippen molar-refractivity contribution in [2.24, 2.45) is 5.92 Å². The molecule has 3 atom stereocenters. The number of amides is 1. The van der Waals surface area contributed by atoms with E-state index in [1.54, 1.807) is 13.3 Å². The molecule has 1 aliphatic rings. The van der Waals surface area contributed by atoms with Crippen molar-refractivity contribution in [1.82, 2.24) is 9.88 Å². The number of aliphatic hydroxyl groups is 1. The van der Waals surface area contributed by atoms with Gasteiger partial charge in [0.05, 0.1) is 11.7 Å². The lowest BCUT2D eigenvalue weighted by Gasteiger charge is -2.36. The summed E-state index contributed by atoms with van der Waals surface area (Å²) in [5.74, 6) is 1.26. The molecule has 140 valence electrons. The quantitative estimate of drug-likeness (QED) is 0.754. The van der Waals surface area contributed by atoms with E-state index in [1.807, 2.05) is 17.0 Å². The van der Waals surface area contributed by atoms with Crippen molar-refractivity contribution in [2.45, 2.75) is 51.7 Å². The van der Waals surface area contributed by atoms with Gasteiger partial charge in [-0.05, 0) is 43.7 Å². The fourth-order valence-electron chi connectivity index (χ4n) is 3.24. The molecule has 1 aliphatic heterocycles. The number of carbonyl (C=O) groups excluding carboxylic acids is 1. The number of methoxy groups -OCH3 is 1. The minimum absolute atomic E-state index is 0.0142. The summed E-state index contributed by atoms with van der Waals surface area (Å²) >= 11 is 0. The fourth-order valence-corrected chi connectivity index (χ4v) is 3.24. The first kappa shape index (κ1) is 19.7. The van der Waals surface area contributed by atoms with Crippen molar-refractivity contribution in [2.75, 3.05) is 32.1 Å². The van der Waals surface area contributed by atoms with Crippen molar-refractivity contribution in [3.63, 3.8) is 0 Å². The Morgan fingerprint density at radius 2 is 2.32 bits per heavy atom. The Kier molecular flexibility index (Phi) is 7.65. The number of rotatable bonds is 8. The molecule has 6 heteroatoms. The second-order valence-electron chi connectivity index (χ2n) is 6.84. The average molecular weight is 349 g/mol. The van der Waals surface area contributed by atoms with Crippen molar-refractivity contribution in [1.29, 1.82) is 0 Å². The molecule has 0 radical (unpaired) electrons. The second kappa shape index (κ2) is 9.73. The van der Waals surface area contributed by atoms with Gasteiger partial charge in [-0.3, -0.25) is 4.79 Å². The highest BCUT2D eigenvalue weighted by Crippen LogP contribution is 2.21. The monoisotopic (exact) mass is 349 g/mol. The van der Waals surface area contributed by atoms with Crippen LogP contribution < -0.4 is 5.32 Å². The van der Waals surface area contributed by atoms with Crippen molar-refractivity contribution in [3.05, 3.63) is 23.9 Å². The highest BCUT2D eigenvalue weighted by Gasteiger charge is 2.29. The van der Waals surface area contributed by atoms with Gasteiger partial charge in [-0.1, -0.05) is 13.8 Å². The van der Waals surface area contributed by atoms with Gasteiger partial charge in [0.2, 0.25) is 0 Å². The lowest BCUT2D eigenvalue weighted by molar-refractivity contribution is -0.00157. The lowest BCUT2D eigenvalue weighted by atomic mass is 9.95. The Bertz CT molecular complexity index is 535. The molecule has 6 nitrogen and oxygen atoms in total. The Morgan fingerprint density at radius 1 is 1.52 bits per heavy atom. The van der Waals surface area contributed by atoms with E-state index < -0.39 is 0 Å². The number of hydrogen-bond acceptors (Lipinski definition) is 5. The number of likely N-dealkylation sites (tertiary alicyclic amines) is 1. The summed E-state index contributed by atoms with van der Waals surface area (Å²) in [6.45, 7) is 5.87. The molecule has 0 bridgehead atoms. The molecule has 1 aromatic rings. The standard InChI is InChI=1S/C19H31N3O3/c1-4-16(6-5-11-23)21-18-8-7-15(12-20-18)19(24)22-10-9-14(2)17(13-22)25-3/h7-8,12,14,16-17,23H,4-6,9-11,13H2,1-3H3,(H,20,21)/t14-,16?,17-/m1/s1. The molecule has 0 spiro atoms. The highest BCUT2D eigenvalue weighted by atomic mass is 16.5. The van der Waals surface area contributed by atoms with Gasteiger partial charge in [0, 0.05) is 39.0 Å². The molecule has 0 saturated carbocycles. The van der Waals surface area contributed by atoms with Crippen molar-refractivity contribution < 1.29 is 14.6 Å². The molecule has 1 aromatic heterocycles. The highest BCUT2D eigenvalue weighted by molar-refractivity contribution is 5.94. The summed E-state index contributed by atoms with van der Waals surface area (Å²) in [4.78, 5) is 18.9. The largest absolute Gasteiger partial charge is 0.396 e. The van der Waals surface area contributed by atoms with Crippen LogP contribution in [0.2, 0.25) is 0 Å². The molecule has 1 fully saturated rings. The van der Waals surface area contributed by atoms with E-state index in [-0.39, 0.29) is 24.7 Å². The third kappa shape index (κ3) is 5.41. The zero-order valence-corrected chi connectivity index (χ0v) is 15.6. The number of nitrogens with one attached hydrogen (secondary N) is 1. The topological polar surface area (TPSA) is 74.7 Å². The number of pyridine rings is 1. The number of nitrogens with zero attached hydrogens (tertiary/aromatic N) is 2. The summed E-state index contributed by atoms with van der Waals surface area (Å²) in [7, 11) is 1.71. The molecular formula is C19H31N3O3. The zero-order chi connectivity index (χ0) is 18.2. The molecule has 0 aromatic carbocycles. The van der Waals surface area contributed by atoms with Crippen LogP contribution in [0.5, 0.6) is 0 Å². The van der Waals surface area contributed by atoms with Gasteiger partial charge in [-0.2, -0.15) is 0 Å². The number of anilines is 1.